The van der Waals surface area contributed by atoms with E-state index < -0.39 is 6.43 Å². The van der Waals surface area contributed by atoms with Crippen LogP contribution in [-0.4, -0.2) is 32.1 Å². The highest BCUT2D eigenvalue weighted by atomic mass is 35.5. The van der Waals surface area contributed by atoms with Gasteiger partial charge in [-0.1, -0.05) is 29.3 Å². The van der Waals surface area contributed by atoms with E-state index in [1.807, 2.05) is 0 Å². The number of rotatable bonds is 2. The van der Waals surface area contributed by atoms with Gasteiger partial charge in [-0.3, -0.25) is 4.79 Å². The minimum atomic E-state index is -2.69. The van der Waals surface area contributed by atoms with Gasteiger partial charge >= 0.3 is 0 Å². The van der Waals surface area contributed by atoms with Crippen molar-refractivity contribution in [1.29, 1.82) is 0 Å². The lowest BCUT2D eigenvalue weighted by atomic mass is 10.2. The molecule has 0 unspecified atom stereocenters. The monoisotopic (exact) mass is 346 g/mol. The lowest BCUT2D eigenvalue weighted by Crippen LogP contribution is -2.39. The Hall–Kier alpha value is -1.73. The van der Waals surface area contributed by atoms with Crippen LogP contribution in [0.2, 0.25) is 10.0 Å². The molecule has 1 aromatic heterocycles. The van der Waals surface area contributed by atoms with Crippen molar-refractivity contribution in [1.82, 2.24) is 19.7 Å². The Morgan fingerprint density at radius 3 is 2.73 bits per heavy atom. The Labute approximate surface area is 134 Å². The molecule has 1 aromatic carbocycles. The van der Waals surface area contributed by atoms with Crippen LogP contribution in [0, 0.1) is 0 Å². The van der Waals surface area contributed by atoms with Gasteiger partial charge < -0.3 is 9.47 Å². The predicted octanol–water partition coefficient (Wildman–Crippen LogP) is 3.18. The zero-order valence-electron chi connectivity index (χ0n) is 11.1. The summed E-state index contributed by atoms with van der Waals surface area (Å²) >= 11 is 11.9. The van der Waals surface area contributed by atoms with Crippen LogP contribution in [0.3, 0.4) is 0 Å². The second-order valence-corrected chi connectivity index (χ2v) is 5.54. The fraction of sp³-hybridized carbons (Fsp3) is 0.308. The molecule has 2 aromatic rings. The van der Waals surface area contributed by atoms with E-state index in [1.165, 1.54) is 9.47 Å². The third-order valence-electron chi connectivity index (χ3n) is 3.45. The molecule has 1 amide bonds. The smallest absolute Gasteiger partial charge is 0.297 e. The van der Waals surface area contributed by atoms with E-state index in [-0.39, 0.29) is 47.0 Å². The van der Waals surface area contributed by atoms with E-state index in [2.05, 4.69) is 10.2 Å². The number of hydrogen-bond donors (Lipinski definition) is 0. The first kappa shape index (κ1) is 15.2. The molecule has 0 bridgehead atoms. The molecule has 1 aliphatic rings. The van der Waals surface area contributed by atoms with Crippen LogP contribution < -0.4 is 0 Å². The molecule has 0 fully saturated rings. The molecular formula is C13H10Cl2F2N4O. The standard InChI is InChI=1S/C13H10Cl2F2N4O/c14-8-3-1-2-7(10(8)15)13(22)20-4-5-21-9(6-20)18-19-12(21)11(16)17/h1-3,11H,4-6H2. The fourth-order valence-electron chi connectivity index (χ4n) is 2.35. The summed E-state index contributed by atoms with van der Waals surface area (Å²) in [6, 6.07) is 4.78. The second-order valence-electron chi connectivity index (χ2n) is 4.75. The van der Waals surface area contributed by atoms with Crippen molar-refractivity contribution in [2.75, 3.05) is 6.54 Å². The molecular weight excluding hydrogens is 337 g/mol. The molecule has 22 heavy (non-hydrogen) atoms. The highest BCUT2D eigenvalue weighted by molar-refractivity contribution is 6.43. The summed E-state index contributed by atoms with van der Waals surface area (Å²) in [5.74, 6) is -0.365. The van der Waals surface area contributed by atoms with Crippen molar-refractivity contribution in [2.24, 2.45) is 0 Å². The van der Waals surface area contributed by atoms with Gasteiger partial charge in [0.25, 0.3) is 12.3 Å². The summed E-state index contributed by atoms with van der Waals surface area (Å²) in [5.41, 5.74) is 0.274. The fourth-order valence-corrected chi connectivity index (χ4v) is 2.74. The van der Waals surface area contributed by atoms with Crippen molar-refractivity contribution in [3.8, 4) is 0 Å². The summed E-state index contributed by atoms with van der Waals surface area (Å²) in [4.78, 5) is 14.0. The Morgan fingerprint density at radius 2 is 2.00 bits per heavy atom. The number of carbonyl (C=O) groups is 1. The van der Waals surface area contributed by atoms with Crippen molar-refractivity contribution in [2.45, 2.75) is 19.5 Å². The zero-order chi connectivity index (χ0) is 15.9. The van der Waals surface area contributed by atoms with Gasteiger partial charge in [0.2, 0.25) is 0 Å². The number of halogens is 4. The number of nitrogens with zero attached hydrogens (tertiary/aromatic N) is 4. The van der Waals surface area contributed by atoms with E-state index in [9.17, 15) is 13.6 Å². The van der Waals surface area contributed by atoms with Crippen LogP contribution in [-0.2, 0) is 13.1 Å². The van der Waals surface area contributed by atoms with Crippen LogP contribution in [0.5, 0.6) is 0 Å². The van der Waals surface area contributed by atoms with Gasteiger partial charge in [-0.25, -0.2) is 8.78 Å². The summed E-state index contributed by atoms with van der Waals surface area (Å²) < 4.78 is 26.9. The molecule has 9 heteroatoms. The van der Waals surface area contributed by atoms with Crippen molar-refractivity contribution in [3.63, 3.8) is 0 Å². The minimum absolute atomic E-state index is 0.0986. The molecule has 0 spiro atoms. The first-order chi connectivity index (χ1) is 10.5. The minimum Gasteiger partial charge on any atom is -0.329 e. The van der Waals surface area contributed by atoms with Crippen LogP contribution in [0.1, 0.15) is 28.4 Å². The summed E-state index contributed by atoms with van der Waals surface area (Å²) in [6.07, 6.45) is -2.69. The van der Waals surface area contributed by atoms with E-state index in [1.54, 1.807) is 18.2 Å². The van der Waals surface area contributed by atoms with E-state index >= 15 is 0 Å². The number of benzene rings is 1. The van der Waals surface area contributed by atoms with Crippen molar-refractivity contribution >= 4 is 29.1 Å². The normalized spacial score (nSPS) is 14.3. The Kier molecular flexibility index (Phi) is 4.01. The maximum Gasteiger partial charge on any atom is 0.297 e. The molecule has 0 saturated carbocycles. The van der Waals surface area contributed by atoms with Crippen LogP contribution in [0.25, 0.3) is 0 Å². The summed E-state index contributed by atoms with van der Waals surface area (Å²) in [5, 5.41) is 7.66. The van der Waals surface area contributed by atoms with Gasteiger partial charge in [-0.2, -0.15) is 0 Å². The highest BCUT2D eigenvalue weighted by Gasteiger charge is 2.28. The van der Waals surface area contributed by atoms with Crippen molar-refractivity contribution in [3.05, 3.63) is 45.5 Å². The molecule has 0 saturated heterocycles. The number of aromatic nitrogens is 3. The van der Waals surface area contributed by atoms with Crippen LogP contribution >= 0.6 is 23.2 Å². The molecule has 0 aliphatic carbocycles. The van der Waals surface area contributed by atoms with Gasteiger partial charge in [0.15, 0.2) is 11.6 Å². The SMILES string of the molecule is O=C(c1cccc(Cl)c1Cl)N1CCn2c(nnc2C(F)F)C1. The summed E-state index contributed by atoms with van der Waals surface area (Å²) in [7, 11) is 0. The Morgan fingerprint density at radius 1 is 1.23 bits per heavy atom. The van der Waals surface area contributed by atoms with E-state index in [0.717, 1.165) is 0 Å². The predicted molar refractivity (Wildman–Crippen MR) is 76.2 cm³/mol. The first-order valence-electron chi connectivity index (χ1n) is 6.42. The number of amides is 1. The van der Waals surface area contributed by atoms with Gasteiger partial charge in [-0.05, 0) is 12.1 Å². The quantitative estimate of drug-likeness (QED) is 0.839. The molecule has 0 N–H and O–H groups in total. The number of alkyl halides is 2. The Bertz CT molecular complexity index is 735. The Balaban J connectivity index is 1.85. The first-order valence-corrected chi connectivity index (χ1v) is 7.18. The van der Waals surface area contributed by atoms with E-state index in [4.69, 9.17) is 23.2 Å². The van der Waals surface area contributed by atoms with Gasteiger partial charge in [0.05, 0.1) is 22.2 Å². The van der Waals surface area contributed by atoms with Crippen LogP contribution in [0.15, 0.2) is 18.2 Å². The largest absolute Gasteiger partial charge is 0.329 e. The van der Waals surface area contributed by atoms with Crippen LogP contribution in [0.4, 0.5) is 8.78 Å². The van der Waals surface area contributed by atoms with E-state index in [0.29, 0.717) is 5.82 Å². The maximum absolute atomic E-state index is 12.8. The lowest BCUT2D eigenvalue weighted by Gasteiger charge is -2.28. The number of fused-ring (bicyclic) bond motifs is 1. The lowest BCUT2D eigenvalue weighted by molar-refractivity contribution is 0.0699. The summed E-state index contributed by atoms with van der Waals surface area (Å²) in [6.45, 7) is 0.583. The average Bonchev–Trinajstić information content (AvgIpc) is 2.92. The number of carbonyl (C=O) groups excluding carboxylic acids is 1. The van der Waals surface area contributed by atoms with Gasteiger partial charge in [0.1, 0.15) is 0 Å². The van der Waals surface area contributed by atoms with Gasteiger partial charge in [-0.15, -0.1) is 10.2 Å². The molecule has 116 valence electrons. The molecule has 1 aliphatic heterocycles. The molecule has 0 atom stereocenters. The third-order valence-corrected chi connectivity index (χ3v) is 4.27. The molecule has 5 nitrogen and oxygen atoms in total. The van der Waals surface area contributed by atoms with Crippen molar-refractivity contribution < 1.29 is 13.6 Å². The van der Waals surface area contributed by atoms with Gasteiger partial charge in [0, 0.05) is 13.1 Å². The average molecular weight is 347 g/mol. The highest BCUT2D eigenvalue weighted by Crippen LogP contribution is 2.28. The molecule has 2 heterocycles. The zero-order valence-corrected chi connectivity index (χ0v) is 12.7. The maximum atomic E-state index is 12.8. The molecule has 0 radical (unpaired) electrons. The number of hydrogen-bond acceptors (Lipinski definition) is 3. The molecule has 3 rings (SSSR count). The third kappa shape index (κ3) is 2.55. The topological polar surface area (TPSA) is 51.0 Å². The second kappa shape index (κ2) is 5.81.